The SMILES string of the molecule is O=C(CCn1nc(Cl)c2ccccc21)NCCc1ccccc1F. The van der Waals surface area contributed by atoms with Crippen molar-refractivity contribution >= 4 is 28.4 Å². The van der Waals surface area contributed by atoms with Gasteiger partial charge in [-0.1, -0.05) is 41.9 Å². The maximum Gasteiger partial charge on any atom is 0.221 e. The number of carbonyl (C=O) groups is 1. The summed E-state index contributed by atoms with van der Waals surface area (Å²) in [5, 5.41) is 8.37. The van der Waals surface area contributed by atoms with Crippen LogP contribution in [0.5, 0.6) is 0 Å². The zero-order chi connectivity index (χ0) is 16.9. The Morgan fingerprint density at radius 3 is 2.75 bits per heavy atom. The van der Waals surface area contributed by atoms with Gasteiger partial charge in [0.1, 0.15) is 5.82 Å². The molecular weight excluding hydrogens is 329 g/mol. The summed E-state index contributed by atoms with van der Waals surface area (Å²) in [6.07, 6.45) is 0.758. The summed E-state index contributed by atoms with van der Waals surface area (Å²) in [5.41, 5.74) is 1.50. The van der Waals surface area contributed by atoms with Gasteiger partial charge in [-0.25, -0.2) is 4.39 Å². The molecule has 24 heavy (non-hydrogen) atoms. The number of hydrogen-bond acceptors (Lipinski definition) is 2. The van der Waals surface area contributed by atoms with Crippen LogP contribution in [0.1, 0.15) is 12.0 Å². The van der Waals surface area contributed by atoms with E-state index in [-0.39, 0.29) is 11.7 Å². The van der Waals surface area contributed by atoms with Crippen LogP contribution in [-0.4, -0.2) is 22.2 Å². The van der Waals surface area contributed by atoms with Gasteiger partial charge in [0.15, 0.2) is 5.15 Å². The highest BCUT2D eigenvalue weighted by molar-refractivity contribution is 6.34. The number of rotatable bonds is 6. The van der Waals surface area contributed by atoms with Gasteiger partial charge in [-0.2, -0.15) is 5.10 Å². The van der Waals surface area contributed by atoms with Gasteiger partial charge in [0.25, 0.3) is 0 Å². The fraction of sp³-hybridized carbons (Fsp3) is 0.222. The average molecular weight is 346 g/mol. The highest BCUT2D eigenvalue weighted by Gasteiger charge is 2.09. The molecule has 0 saturated carbocycles. The number of nitrogens with one attached hydrogen (secondary N) is 1. The highest BCUT2D eigenvalue weighted by atomic mass is 35.5. The minimum Gasteiger partial charge on any atom is -0.356 e. The molecule has 2 aromatic carbocycles. The van der Waals surface area contributed by atoms with Crippen LogP contribution in [0, 0.1) is 5.82 Å². The van der Waals surface area contributed by atoms with Crippen LogP contribution in [-0.2, 0) is 17.8 Å². The fourth-order valence-corrected chi connectivity index (χ4v) is 2.84. The molecule has 0 aliphatic rings. The lowest BCUT2D eigenvalue weighted by molar-refractivity contribution is -0.121. The highest BCUT2D eigenvalue weighted by Crippen LogP contribution is 2.22. The summed E-state index contributed by atoms with van der Waals surface area (Å²) < 4.78 is 15.2. The summed E-state index contributed by atoms with van der Waals surface area (Å²) in [6.45, 7) is 0.846. The fourth-order valence-electron chi connectivity index (χ4n) is 2.59. The van der Waals surface area contributed by atoms with E-state index in [9.17, 15) is 9.18 Å². The molecule has 0 fully saturated rings. The smallest absolute Gasteiger partial charge is 0.221 e. The van der Waals surface area contributed by atoms with Gasteiger partial charge < -0.3 is 5.32 Å². The Kier molecular flexibility index (Phi) is 5.11. The maximum absolute atomic E-state index is 13.5. The lowest BCUT2D eigenvalue weighted by Gasteiger charge is -2.07. The zero-order valence-electron chi connectivity index (χ0n) is 13.0. The number of carbonyl (C=O) groups excluding carboxylic acids is 1. The molecule has 124 valence electrons. The van der Waals surface area contributed by atoms with Crippen molar-refractivity contribution in [3.63, 3.8) is 0 Å². The van der Waals surface area contributed by atoms with E-state index in [2.05, 4.69) is 10.4 Å². The van der Waals surface area contributed by atoms with Crippen molar-refractivity contribution < 1.29 is 9.18 Å². The lowest BCUT2D eigenvalue weighted by Crippen LogP contribution is -2.26. The first-order chi connectivity index (χ1) is 11.6. The van der Waals surface area contributed by atoms with Gasteiger partial charge in [-0.3, -0.25) is 9.48 Å². The predicted molar refractivity (Wildman–Crippen MR) is 92.5 cm³/mol. The van der Waals surface area contributed by atoms with Crippen molar-refractivity contribution in [3.8, 4) is 0 Å². The van der Waals surface area contributed by atoms with Crippen molar-refractivity contribution in [2.45, 2.75) is 19.4 Å². The minimum atomic E-state index is -0.246. The summed E-state index contributed by atoms with van der Waals surface area (Å²) in [5.74, 6) is -0.341. The molecule has 0 saturated heterocycles. The molecule has 3 rings (SSSR count). The van der Waals surface area contributed by atoms with E-state index in [1.165, 1.54) is 6.07 Å². The van der Waals surface area contributed by atoms with Gasteiger partial charge in [0.2, 0.25) is 5.91 Å². The molecule has 1 amide bonds. The van der Waals surface area contributed by atoms with E-state index in [0.29, 0.717) is 36.6 Å². The van der Waals surface area contributed by atoms with Crippen LogP contribution in [0.2, 0.25) is 5.15 Å². The van der Waals surface area contributed by atoms with Gasteiger partial charge in [0.05, 0.1) is 12.1 Å². The van der Waals surface area contributed by atoms with Crippen LogP contribution in [0.15, 0.2) is 48.5 Å². The number of amides is 1. The van der Waals surface area contributed by atoms with Crippen LogP contribution in [0.3, 0.4) is 0 Å². The third kappa shape index (κ3) is 3.74. The molecule has 4 nitrogen and oxygen atoms in total. The van der Waals surface area contributed by atoms with Crippen molar-refractivity contribution in [1.82, 2.24) is 15.1 Å². The largest absolute Gasteiger partial charge is 0.356 e. The minimum absolute atomic E-state index is 0.0953. The Labute approximate surface area is 144 Å². The molecule has 0 radical (unpaired) electrons. The van der Waals surface area contributed by atoms with Crippen molar-refractivity contribution in [1.29, 1.82) is 0 Å². The number of aromatic nitrogens is 2. The molecule has 1 heterocycles. The number of hydrogen-bond donors (Lipinski definition) is 1. The Hall–Kier alpha value is -2.40. The second-order valence-corrected chi connectivity index (χ2v) is 5.83. The normalized spacial score (nSPS) is 10.9. The van der Waals surface area contributed by atoms with Crippen LogP contribution < -0.4 is 5.32 Å². The van der Waals surface area contributed by atoms with E-state index in [4.69, 9.17) is 11.6 Å². The molecule has 1 N–H and O–H groups in total. The number of para-hydroxylation sites is 1. The van der Waals surface area contributed by atoms with E-state index < -0.39 is 0 Å². The van der Waals surface area contributed by atoms with Gasteiger partial charge in [-0.15, -0.1) is 0 Å². The quantitative estimate of drug-likeness (QED) is 0.742. The van der Waals surface area contributed by atoms with Crippen molar-refractivity contribution in [2.24, 2.45) is 0 Å². The zero-order valence-corrected chi connectivity index (χ0v) is 13.8. The van der Waals surface area contributed by atoms with Crippen LogP contribution in [0.25, 0.3) is 10.9 Å². The van der Waals surface area contributed by atoms with E-state index >= 15 is 0 Å². The van der Waals surface area contributed by atoms with E-state index in [1.54, 1.807) is 22.9 Å². The second kappa shape index (κ2) is 7.45. The Balaban J connectivity index is 1.51. The molecule has 6 heteroatoms. The first-order valence-electron chi connectivity index (χ1n) is 7.76. The summed E-state index contributed by atoms with van der Waals surface area (Å²) in [7, 11) is 0. The second-order valence-electron chi connectivity index (χ2n) is 5.47. The molecule has 3 aromatic rings. The number of benzene rings is 2. The number of aryl methyl sites for hydroxylation is 1. The number of nitrogens with zero attached hydrogens (tertiary/aromatic N) is 2. The van der Waals surface area contributed by atoms with Gasteiger partial charge >= 0.3 is 0 Å². The summed E-state index contributed by atoms with van der Waals surface area (Å²) in [6, 6.07) is 14.2. The van der Waals surface area contributed by atoms with Gasteiger partial charge in [-0.05, 0) is 30.2 Å². The monoisotopic (exact) mass is 345 g/mol. The van der Waals surface area contributed by atoms with E-state index in [1.807, 2.05) is 24.3 Å². The predicted octanol–water partition coefficient (Wildman–Crippen LogP) is 3.58. The summed E-state index contributed by atoms with van der Waals surface area (Å²) in [4.78, 5) is 12.0. The van der Waals surface area contributed by atoms with Crippen LogP contribution >= 0.6 is 11.6 Å². The van der Waals surface area contributed by atoms with Gasteiger partial charge in [0, 0.05) is 18.4 Å². The Morgan fingerprint density at radius 2 is 1.92 bits per heavy atom. The topological polar surface area (TPSA) is 46.9 Å². The molecular formula is C18H17ClFN3O. The first kappa shape index (κ1) is 16.5. The third-order valence-electron chi connectivity index (χ3n) is 3.84. The molecule has 0 aliphatic heterocycles. The summed E-state index contributed by atoms with van der Waals surface area (Å²) >= 11 is 6.09. The van der Waals surface area contributed by atoms with E-state index in [0.717, 1.165) is 10.9 Å². The molecule has 1 aromatic heterocycles. The first-order valence-corrected chi connectivity index (χ1v) is 8.14. The Morgan fingerprint density at radius 1 is 1.17 bits per heavy atom. The van der Waals surface area contributed by atoms with Crippen molar-refractivity contribution in [3.05, 3.63) is 65.1 Å². The standard InChI is InChI=1S/C18H17ClFN3O/c19-18-14-6-2-4-8-16(14)23(22-18)12-10-17(24)21-11-9-13-5-1-3-7-15(13)20/h1-8H,9-12H2,(H,21,24). The molecule has 0 spiro atoms. The Bertz CT molecular complexity index is 862. The number of halogens is 2. The van der Waals surface area contributed by atoms with Crippen LogP contribution in [0.4, 0.5) is 4.39 Å². The lowest BCUT2D eigenvalue weighted by atomic mass is 10.1. The number of fused-ring (bicyclic) bond motifs is 1. The molecule has 0 atom stereocenters. The molecule has 0 bridgehead atoms. The van der Waals surface area contributed by atoms with Crippen molar-refractivity contribution in [2.75, 3.05) is 6.54 Å². The maximum atomic E-state index is 13.5. The molecule has 0 aliphatic carbocycles. The molecule has 0 unspecified atom stereocenters. The third-order valence-corrected chi connectivity index (χ3v) is 4.12. The average Bonchev–Trinajstić information content (AvgIpc) is 2.91.